The molecule has 2 heterocycles. The molecule has 2 aliphatic heterocycles. The summed E-state index contributed by atoms with van der Waals surface area (Å²) >= 11 is 0. The molecule has 0 bridgehead atoms. The lowest BCUT2D eigenvalue weighted by Gasteiger charge is -2.40. The molecular weight excluding hydrogens is 757 g/mol. The number of rotatable bonds is 19. The molecule has 0 amide bonds. The van der Waals surface area contributed by atoms with Crippen LogP contribution in [0.3, 0.4) is 0 Å². The van der Waals surface area contributed by atoms with Gasteiger partial charge in [-0.15, -0.1) is 0 Å². The van der Waals surface area contributed by atoms with Gasteiger partial charge in [-0.1, -0.05) is 141 Å². The van der Waals surface area contributed by atoms with E-state index >= 15 is 0 Å². The van der Waals surface area contributed by atoms with Crippen molar-refractivity contribution in [2.24, 2.45) is 5.92 Å². The van der Waals surface area contributed by atoms with Crippen molar-refractivity contribution in [3.8, 4) is 11.8 Å². The number of aliphatic hydroxyl groups excluding tert-OH is 1. The van der Waals surface area contributed by atoms with Gasteiger partial charge in [0.25, 0.3) is 0 Å². The lowest BCUT2D eigenvalue weighted by atomic mass is 9.91. The minimum Gasteiger partial charge on any atom is -0.410 e. The van der Waals surface area contributed by atoms with Crippen LogP contribution in [-0.4, -0.2) is 79.9 Å². The number of hydrogen-bond donors (Lipinski definition) is 1. The summed E-state index contributed by atoms with van der Waals surface area (Å²) in [5, 5.41) is 11.9. The van der Waals surface area contributed by atoms with Crippen molar-refractivity contribution in [1.29, 1.82) is 0 Å². The Kier molecular flexibility index (Phi) is 20.0. The first-order valence-electron chi connectivity index (χ1n) is 21.8. The molecule has 326 valence electrons. The molecule has 2 aliphatic rings. The summed E-state index contributed by atoms with van der Waals surface area (Å²) in [6.07, 6.45) is 19.5. The van der Waals surface area contributed by atoms with E-state index in [4.69, 9.17) is 22.8 Å². The summed E-state index contributed by atoms with van der Waals surface area (Å²) in [4.78, 5) is 0. The summed E-state index contributed by atoms with van der Waals surface area (Å²) < 4.78 is 32.5. The zero-order valence-corrected chi connectivity index (χ0v) is 42.6. The van der Waals surface area contributed by atoms with Crippen molar-refractivity contribution in [3.05, 3.63) is 60.3 Å². The second kappa shape index (κ2) is 22.0. The van der Waals surface area contributed by atoms with E-state index in [1.165, 1.54) is 11.1 Å². The van der Waals surface area contributed by atoms with E-state index in [0.717, 1.165) is 32.1 Å². The third-order valence-electron chi connectivity index (χ3n) is 13.0. The van der Waals surface area contributed by atoms with Gasteiger partial charge in [-0.25, -0.2) is 0 Å². The maximum absolute atomic E-state index is 11.7. The molecule has 57 heavy (non-hydrogen) atoms. The van der Waals surface area contributed by atoms with Crippen LogP contribution in [0.25, 0.3) is 0 Å². The molecule has 6 nitrogen and oxygen atoms in total. The number of ether oxygens (including phenoxy) is 2. The predicted octanol–water partition coefficient (Wildman–Crippen LogP) is 12.9. The van der Waals surface area contributed by atoms with Gasteiger partial charge in [0.05, 0.1) is 49.8 Å². The topological polar surface area (TPSA) is 66.4 Å². The van der Waals surface area contributed by atoms with Gasteiger partial charge in [0.15, 0.2) is 25.0 Å². The fraction of sp³-hybridized carbons (Fsp3) is 0.750. The van der Waals surface area contributed by atoms with Crippen LogP contribution in [0.15, 0.2) is 60.3 Å². The minimum atomic E-state index is -2.16. The zero-order chi connectivity index (χ0) is 43.5. The Labute approximate surface area is 354 Å². The molecular formula is C48H86O6Si3. The maximum atomic E-state index is 11.7. The Morgan fingerprint density at radius 3 is 2.12 bits per heavy atom. The fourth-order valence-electron chi connectivity index (χ4n) is 6.15. The van der Waals surface area contributed by atoms with Crippen LogP contribution in [-0.2, 0) is 22.8 Å². The molecule has 2 rings (SSSR count). The van der Waals surface area contributed by atoms with Crippen LogP contribution in [0.2, 0.25) is 54.4 Å². The minimum absolute atomic E-state index is 0.00106. The molecule has 7 atom stereocenters. The van der Waals surface area contributed by atoms with E-state index in [0.29, 0.717) is 32.0 Å². The highest BCUT2D eigenvalue weighted by Gasteiger charge is 2.41. The van der Waals surface area contributed by atoms with Crippen LogP contribution in [0.1, 0.15) is 121 Å². The molecule has 0 aliphatic carbocycles. The van der Waals surface area contributed by atoms with Crippen molar-refractivity contribution < 1.29 is 27.9 Å². The Hall–Kier alpha value is -1.33. The molecule has 0 aromatic carbocycles. The normalized spacial score (nSPS) is 22.6. The van der Waals surface area contributed by atoms with E-state index in [2.05, 4.69) is 170 Å². The summed E-state index contributed by atoms with van der Waals surface area (Å²) in [5.74, 6) is 6.97. The molecule has 0 saturated carbocycles. The van der Waals surface area contributed by atoms with E-state index in [-0.39, 0.29) is 39.5 Å². The third-order valence-corrected chi connectivity index (χ3v) is 26.5. The highest BCUT2D eigenvalue weighted by atomic mass is 28.4. The lowest BCUT2D eigenvalue weighted by Crippen LogP contribution is -2.46. The quantitative estimate of drug-likeness (QED) is 0.0794. The van der Waals surface area contributed by atoms with Crippen LogP contribution in [0, 0.1) is 17.8 Å². The van der Waals surface area contributed by atoms with Gasteiger partial charge in [0, 0.05) is 6.42 Å². The summed E-state index contributed by atoms with van der Waals surface area (Å²) in [5.41, 5.74) is 2.52. The molecule has 9 heteroatoms. The molecule has 1 unspecified atom stereocenters. The van der Waals surface area contributed by atoms with Crippen LogP contribution >= 0.6 is 0 Å². The zero-order valence-electron chi connectivity index (χ0n) is 39.6. The molecule has 0 spiro atoms. The van der Waals surface area contributed by atoms with Crippen molar-refractivity contribution in [2.45, 2.75) is 212 Å². The van der Waals surface area contributed by atoms with Crippen LogP contribution in [0.4, 0.5) is 0 Å². The Bertz CT molecular complexity index is 1440. The largest absolute Gasteiger partial charge is 0.410 e. The van der Waals surface area contributed by atoms with Crippen molar-refractivity contribution in [2.75, 3.05) is 13.2 Å². The van der Waals surface area contributed by atoms with Gasteiger partial charge in [0.1, 0.15) is 0 Å². The fourth-order valence-corrected chi connectivity index (χ4v) is 9.56. The molecule has 0 radical (unpaired) electrons. The number of aliphatic hydroxyl groups is 1. The van der Waals surface area contributed by atoms with Gasteiger partial charge in [-0.05, 0) is 106 Å². The average molecular weight is 843 g/mol. The first kappa shape index (κ1) is 51.8. The van der Waals surface area contributed by atoms with Gasteiger partial charge in [-0.3, -0.25) is 0 Å². The first-order valence-corrected chi connectivity index (χ1v) is 30.5. The molecule has 0 saturated heterocycles. The van der Waals surface area contributed by atoms with E-state index in [9.17, 15) is 5.11 Å². The highest BCUT2D eigenvalue weighted by Crippen LogP contribution is 2.40. The van der Waals surface area contributed by atoms with Crippen LogP contribution < -0.4 is 0 Å². The summed E-state index contributed by atoms with van der Waals surface area (Å²) in [6, 6.07) is 0. The predicted molar refractivity (Wildman–Crippen MR) is 251 cm³/mol. The smallest absolute Gasteiger partial charge is 0.193 e. The SMILES string of the molecule is C=C(CC(/C=C/C[C@@H](O)[C@H](/C=C/[C@@H]1CC(C)=CCO1)O[Si](C)(C)C(C)(C)C)O[Si](C)(C)C(C)(C)C)C[C@H](C)C[C@@H]1CC=C[C@@H](CC#CCO[Si](C)(C)C(C)(C)C)O1. The Balaban J connectivity index is 2.08. The molecule has 0 fully saturated rings. The molecule has 0 aromatic heterocycles. The van der Waals surface area contributed by atoms with Crippen LogP contribution in [0.5, 0.6) is 0 Å². The first-order chi connectivity index (χ1) is 26.0. The monoisotopic (exact) mass is 843 g/mol. The highest BCUT2D eigenvalue weighted by molar-refractivity contribution is 6.75. The summed E-state index contributed by atoms with van der Waals surface area (Å²) in [6.45, 7) is 44.1. The standard InChI is InChI=1S/C48H86O6Si3/c1-37-30-32-50-41(34-37)28-29-45(54-57(17,18)48(10,11)12)44(49)27-22-26-43(53-56(15,16)47(7,8)9)36-39(3)33-38(2)35-42-25-21-24-40(52-42)23-19-20-31-51-55(13,14)46(4,5)6/h21-22,24,26,28-30,38,40-45,49H,3,23,25,27,31-36H2,1-2,4-18H3/b26-22+,29-28+/t38-,40+,41+,42-,43?,44+,45-/m0/s1. The average Bonchev–Trinajstić information content (AvgIpc) is 3.04. The van der Waals surface area contributed by atoms with Gasteiger partial charge >= 0.3 is 0 Å². The second-order valence-electron chi connectivity index (χ2n) is 21.6. The maximum Gasteiger partial charge on any atom is 0.193 e. The second-order valence-corrected chi connectivity index (χ2v) is 35.9. The van der Waals surface area contributed by atoms with E-state index in [1.54, 1.807) is 0 Å². The van der Waals surface area contributed by atoms with Gasteiger partial charge < -0.3 is 27.9 Å². The molecule has 0 aromatic rings. The van der Waals surface area contributed by atoms with Crippen molar-refractivity contribution in [1.82, 2.24) is 0 Å². The van der Waals surface area contributed by atoms with Gasteiger partial charge in [-0.2, -0.15) is 0 Å². The van der Waals surface area contributed by atoms with Crippen molar-refractivity contribution >= 4 is 25.0 Å². The third kappa shape index (κ3) is 18.0. The molecule has 1 N–H and O–H groups in total. The van der Waals surface area contributed by atoms with E-state index in [1.807, 2.05) is 6.08 Å². The van der Waals surface area contributed by atoms with Crippen molar-refractivity contribution in [3.63, 3.8) is 0 Å². The Morgan fingerprint density at radius 1 is 0.912 bits per heavy atom. The Morgan fingerprint density at radius 2 is 1.53 bits per heavy atom. The van der Waals surface area contributed by atoms with Gasteiger partial charge in [0.2, 0.25) is 0 Å². The number of hydrogen-bond acceptors (Lipinski definition) is 6. The lowest BCUT2D eigenvalue weighted by molar-refractivity contribution is -0.00335. The summed E-state index contributed by atoms with van der Waals surface area (Å²) in [7, 11) is -6.05. The van der Waals surface area contributed by atoms with E-state index < -0.39 is 37.2 Å².